The molecule has 0 spiro atoms. The first-order valence-electron chi connectivity index (χ1n) is 6.90. The molecule has 1 unspecified atom stereocenters. The number of hydrogen-bond acceptors (Lipinski definition) is 5. The quantitative estimate of drug-likeness (QED) is 0.492. The van der Waals surface area contributed by atoms with E-state index in [1.54, 1.807) is 0 Å². The van der Waals surface area contributed by atoms with E-state index < -0.39 is 22.8 Å². The average molecular weight is 303 g/mol. The number of amides is 3. The highest BCUT2D eigenvalue weighted by Crippen LogP contribution is 2.33. The molecule has 0 aliphatic carbocycles. The zero-order chi connectivity index (χ0) is 15.9. The van der Waals surface area contributed by atoms with Crippen LogP contribution in [0, 0.1) is 10.1 Å². The van der Waals surface area contributed by atoms with E-state index in [0.29, 0.717) is 18.4 Å². The Bertz CT molecular complexity index is 700. The summed E-state index contributed by atoms with van der Waals surface area (Å²) in [6, 6.07) is 3.54. The van der Waals surface area contributed by atoms with Gasteiger partial charge in [0.2, 0.25) is 11.8 Å². The lowest BCUT2D eigenvalue weighted by Gasteiger charge is -2.24. The van der Waals surface area contributed by atoms with Gasteiger partial charge in [-0.1, -0.05) is 6.07 Å². The van der Waals surface area contributed by atoms with E-state index >= 15 is 0 Å². The smallest absolute Gasteiger partial charge is 0.275 e. The first-order chi connectivity index (χ1) is 10.5. The molecular weight excluding hydrogens is 290 g/mol. The van der Waals surface area contributed by atoms with Gasteiger partial charge in [-0.15, -0.1) is 0 Å². The van der Waals surface area contributed by atoms with Crippen LogP contribution in [0.1, 0.15) is 35.2 Å². The van der Waals surface area contributed by atoms with Crippen LogP contribution in [0.5, 0.6) is 0 Å². The van der Waals surface area contributed by atoms with E-state index in [-0.39, 0.29) is 30.1 Å². The van der Waals surface area contributed by atoms with Crippen molar-refractivity contribution in [2.24, 2.45) is 0 Å². The van der Waals surface area contributed by atoms with Crippen molar-refractivity contribution in [1.82, 2.24) is 10.2 Å². The van der Waals surface area contributed by atoms with E-state index in [4.69, 9.17) is 0 Å². The van der Waals surface area contributed by atoms with E-state index in [0.717, 1.165) is 0 Å². The summed E-state index contributed by atoms with van der Waals surface area (Å²) < 4.78 is 0. The highest BCUT2D eigenvalue weighted by atomic mass is 16.6. The van der Waals surface area contributed by atoms with Gasteiger partial charge in [-0.2, -0.15) is 0 Å². The summed E-state index contributed by atoms with van der Waals surface area (Å²) in [6.07, 6.45) is 1.09. The van der Waals surface area contributed by atoms with Crippen molar-refractivity contribution >= 4 is 23.4 Å². The van der Waals surface area contributed by atoms with Crippen LogP contribution in [0.2, 0.25) is 0 Å². The Hall–Kier alpha value is -2.77. The lowest BCUT2D eigenvalue weighted by atomic mass is 10.1. The van der Waals surface area contributed by atoms with E-state index in [2.05, 4.69) is 5.32 Å². The van der Waals surface area contributed by atoms with Crippen molar-refractivity contribution in [1.29, 1.82) is 0 Å². The monoisotopic (exact) mass is 303 g/mol. The molecule has 114 valence electrons. The summed E-state index contributed by atoms with van der Waals surface area (Å²) in [7, 11) is 0. The van der Waals surface area contributed by atoms with Crippen molar-refractivity contribution in [2.75, 3.05) is 0 Å². The second-order valence-electron chi connectivity index (χ2n) is 5.31. The number of benzene rings is 1. The molecule has 8 heteroatoms. The summed E-state index contributed by atoms with van der Waals surface area (Å²) >= 11 is 0. The number of carbonyl (C=O) groups is 3. The molecule has 0 bridgehead atoms. The molecule has 0 aromatic heterocycles. The lowest BCUT2D eigenvalue weighted by molar-refractivity contribution is -0.385. The van der Waals surface area contributed by atoms with Gasteiger partial charge in [0.25, 0.3) is 11.6 Å². The molecule has 1 fully saturated rings. The van der Waals surface area contributed by atoms with Crippen LogP contribution in [-0.2, 0) is 16.1 Å². The Labute approximate surface area is 125 Å². The Morgan fingerprint density at radius 1 is 1.27 bits per heavy atom. The van der Waals surface area contributed by atoms with Crippen LogP contribution in [0.25, 0.3) is 0 Å². The molecular formula is C14H13N3O5. The number of nitro benzene ring substituents is 1. The highest BCUT2D eigenvalue weighted by molar-refractivity contribution is 6.04. The Kier molecular flexibility index (Phi) is 3.36. The molecule has 2 heterocycles. The topological polar surface area (TPSA) is 110 Å². The van der Waals surface area contributed by atoms with Gasteiger partial charge in [-0.25, -0.2) is 0 Å². The molecule has 22 heavy (non-hydrogen) atoms. The third-order valence-corrected chi connectivity index (χ3v) is 3.99. The number of rotatable bonds is 2. The molecule has 1 atom stereocenters. The Balaban J connectivity index is 1.93. The lowest BCUT2D eigenvalue weighted by Crippen LogP contribution is -2.46. The van der Waals surface area contributed by atoms with Gasteiger partial charge < -0.3 is 4.90 Å². The van der Waals surface area contributed by atoms with Gasteiger partial charge in [0.1, 0.15) is 6.04 Å². The van der Waals surface area contributed by atoms with Crippen molar-refractivity contribution in [3.8, 4) is 0 Å². The molecule has 8 nitrogen and oxygen atoms in total. The highest BCUT2D eigenvalue weighted by Gasteiger charge is 2.40. The number of fused-ring (bicyclic) bond motifs is 1. The average Bonchev–Trinajstić information content (AvgIpc) is 2.70. The summed E-state index contributed by atoms with van der Waals surface area (Å²) in [5.41, 5.74) is 0.442. The molecule has 3 rings (SSSR count). The molecule has 1 aromatic carbocycles. The number of nitrogens with one attached hydrogen (secondary N) is 1. The van der Waals surface area contributed by atoms with Gasteiger partial charge in [0.05, 0.1) is 22.6 Å². The van der Waals surface area contributed by atoms with E-state index in [9.17, 15) is 24.5 Å². The number of hydrogen-bond donors (Lipinski definition) is 1. The van der Waals surface area contributed by atoms with Crippen molar-refractivity contribution < 1.29 is 19.3 Å². The summed E-state index contributed by atoms with van der Waals surface area (Å²) in [4.78, 5) is 47.7. The number of carbonyl (C=O) groups excluding carboxylic acids is 3. The van der Waals surface area contributed by atoms with Crippen molar-refractivity contribution in [3.05, 3.63) is 39.4 Å². The first-order valence-corrected chi connectivity index (χ1v) is 6.90. The first kappa shape index (κ1) is 14.2. The number of nitro groups is 1. The minimum absolute atomic E-state index is 0.0115. The fourth-order valence-corrected chi connectivity index (χ4v) is 2.93. The SMILES string of the molecule is O=C1CCCC(N2Cc3c(cccc3[N+](=O)[O-])C2=O)C(=O)N1. The second kappa shape index (κ2) is 5.21. The summed E-state index contributed by atoms with van der Waals surface area (Å²) in [5, 5.41) is 13.3. The fraction of sp³-hybridized carbons (Fsp3) is 0.357. The maximum atomic E-state index is 12.4. The minimum Gasteiger partial charge on any atom is -0.322 e. The third-order valence-electron chi connectivity index (χ3n) is 3.99. The standard InChI is InChI=1S/C14H13N3O5/c18-12-6-2-5-11(13(19)15-12)16-7-9-8(14(16)20)3-1-4-10(9)17(21)22/h1,3-4,11H,2,5-7H2,(H,15,18,19). The Morgan fingerprint density at radius 3 is 2.77 bits per heavy atom. The number of imide groups is 1. The third kappa shape index (κ3) is 2.22. The molecule has 0 saturated carbocycles. The predicted molar refractivity (Wildman–Crippen MR) is 73.8 cm³/mol. The van der Waals surface area contributed by atoms with Crippen LogP contribution < -0.4 is 5.32 Å². The maximum absolute atomic E-state index is 12.4. The summed E-state index contributed by atoms with van der Waals surface area (Å²) in [5.74, 6) is -1.29. The molecule has 2 aliphatic heterocycles. The van der Waals surface area contributed by atoms with Gasteiger partial charge in [0.15, 0.2) is 0 Å². The van der Waals surface area contributed by atoms with Crippen LogP contribution >= 0.6 is 0 Å². The van der Waals surface area contributed by atoms with Crippen LogP contribution in [0.3, 0.4) is 0 Å². The fourth-order valence-electron chi connectivity index (χ4n) is 2.93. The van der Waals surface area contributed by atoms with Crippen LogP contribution in [0.15, 0.2) is 18.2 Å². The van der Waals surface area contributed by atoms with Crippen molar-refractivity contribution in [2.45, 2.75) is 31.8 Å². The molecule has 1 saturated heterocycles. The van der Waals surface area contributed by atoms with Gasteiger partial charge >= 0.3 is 0 Å². The zero-order valence-corrected chi connectivity index (χ0v) is 11.6. The normalized spacial score (nSPS) is 21.4. The molecule has 0 radical (unpaired) electrons. The van der Waals surface area contributed by atoms with E-state index in [1.807, 2.05) is 0 Å². The second-order valence-corrected chi connectivity index (χ2v) is 5.31. The largest absolute Gasteiger partial charge is 0.322 e. The number of nitrogens with zero attached hydrogens (tertiary/aromatic N) is 2. The van der Waals surface area contributed by atoms with E-state index in [1.165, 1.54) is 23.1 Å². The zero-order valence-electron chi connectivity index (χ0n) is 11.6. The van der Waals surface area contributed by atoms with Gasteiger partial charge in [-0.05, 0) is 18.9 Å². The van der Waals surface area contributed by atoms with Crippen LogP contribution in [-0.4, -0.2) is 33.6 Å². The van der Waals surface area contributed by atoms with Crippen LogP contribution in [0.4, 0.5) is 5.69 Å². The molecule has 1 N–H and O–H groups in total. The maximum Gasteiger partial charge on any atom is 0.275 e. The summed E-state index contributed by atoms with van der Waals surface area (Å²) in [6.45, 7) is 0.0115. The molecule has 1 aromatic rings. The van der Waals surface area contributed by atoms with Gasteiger partial charge in [-0.3, -0.25) is 29.8 Å². The Morgan fingerprint density at radius 2 is 2.05 bits per heavy atom. The molecule has 2 aliphatic rings. The van der Waals surface area contributed by atoms with Gasteiger partial charge in [0, 0.05) is 12.5 Å². The predicted octanol–water partition coefficient (Wildman–Crippen LogP) is 0.746. The minimum atomic E-state index is -0.772. The molecule has 3 amide bonds. The van der Waals surface area contributed by atoms with Crippen molar-refractivity contribution in [3.63, 3.8) is 0 Å².